The molecule has 0 saturated carbocycles. The molecule has 2 heterocycles. The number of rotatable bonds is 1. The molecule has 0 radical (unpaired) electrons. The predicted octanol–water partition coefficient (Wildman–Crippen LogP) is 3.61. The normalized spacial score (nSPS) is 11.4. The zero-order valence-electron chi connectivity index (χ0n) is 12.4. The van der Waals surface area contributed by atoms with Crippen LogP contribution in [0.1, 0.15) is 0 Å². The molecule has 0 spiro atoms. The second-order valence-corrected chi connectivity index (χ2v) is 5.86. The second kappa shape index (κ2) is 4.86. The number of anilines is 2. The summed E-state index contributed by atoms with van der Waals surface area (Å²) < 4.78 is 2.04. The summed E-state index contributed by atoms with van der Waals surface area (Å²) in [6.07, 6.45) is 1.99. The molecule has 114 valence electrons. The Hall–Kier alpha value is -2.79. The summed E-state index contributed by atoms with van der Waals surface area (Å²) in [5, 5.41) is 2.48. The van der Waals surface area contributed by atoms with E-state index in [0.29, 0.717) is 16.4 Å². The Morgan fingerprint density at radius 3 is 2.61 bits per heavy atom. The Bertz CT molecular complexity index is 1070. The molecular formula is C17H14ClN5. The minimum Gasteiger partial charge on any atom is -0.383 e. The van der Waals surface area contributed by atoms with Crippen LogP contribution in [0.25, 0.3) is 32.9 Å². The third-order valence-electron chi connectivity index (χ3n) is 4.02. The predicted molar refractivity (Wildman–Crippen MR) is 95.3 cm³/mol. The largest absolute Gasteiger partial charge is 0.383 e. The first-order chi connectivity index (χ1) is 11.1. The van der Waals surface area contributed by atoms with Crippen molar-refractivity contribution >= 4 is 45.2 Å². The van der Waals surface area contributed by atoms with E-state index in [1.54, 1.807) is 0 Å². The first-order valence-electron chi connectivity index (χ1n) is 7.12. The highest BCUT2D eigenvalue weighted by molar-refractivity contribution is 6.34. The van der Waals surface area contributed by atoms with Crippen molar-refractivity contribution in [1.29, 1.82) is 0 Å². The Balaban J connectivity index is 2.23. The number of aryl methyl sites for hydroxylation is 1. The quantitative estimate of drug-likeness (QED) is 0.560. The van der Waals surface area contributed by atoms with Crippen molar-refractivity contribution in [3.05, 3.63) is 47.6 Å². The lowest BCUT2D eigenvalue weighted by Crippen LogP contribution is -2.01. The molecule has 0 atom stereocenters. The van der Waals surface area contributed by atoms with E-state index in [-0.39, 0.29) is 5.95 Å². The van der Waals surface area contributed by atoms with Crippen molar-refractivity contribution in [3.63, 3.8) is 0 Å². The van der Waals surface area contributed by atoms with Gasteiger partial charge in [-0.3, -0.25) is 0 Å². The van der Waals surface area contributed by atoms with E-state index in [2.05, 4.69) is 9.97 Å². The van der Waals surface area contributed by atoms with Gasteiger partial charge in [0.1, 0.15) is 5.82 Å². The Labute approximate surface area is 137 Å². The van der Waals surface area contributed by atoms with Crippen LogP contribution in [-0.2, 0) is 7.05 Å². The van der Waals surface area contributed by atoms with Gasteiger partial charge in [0.05, 0.1) is 16.4 Å². The maximum atomic E-state index is 6.40. The maximum Gasteiger partial charge on any atom is 0.222 e. The Kier molecular flexibility index (Phi) is 2.92. The smallest absolute Gasteiger partial charge is 0.222 e. The molecular weight excluding hydrogens is 310 g/mol. The highest BCUT2D eigenvalue weighted by Gasteiger charge is 2.16. The fourth-order valence-electron chi connectivity index (χ4n) is 3.05. The number of nitrogen functional groups attached to an aromatic ring is 2. The molecule has 0 aliphatic rings. The van der Waals surface area contributed by atoms with E-state index < -0.39 is 0 Å². The molecule has 0 unspecified atom stereocenters. The third-order valence-corrected chi connectivity index (χ3v) is 4.35. The molecule has 6 heteroatoms. The molecule has 0 aliphatic carbocycles. The third kappa shape index (κ3) is 2.01. The topological polar surface area (TPSA) is 82.8 Å². The van der Waals surface area contributed by atoms with Gasteiger partial charge in [-0.1, -0.05) is 29.8 Å². The second-order valence-electron chi connectivity index (χ2n) is 5.45. The molecule has 0 saturated heterocycles. The minimum atomic E-state index is 0.162. The summed E-state index contributed by atoms with van der Waals surface area (Å²) in [7, 11) is 1.99. The number of nitrogens with zero attached hydrogens (tertiary/aromatic N) is 3. The molecule has 0 aliphatic heterocycles. The van der Waals surface area contributed by atoms with Crippen LogP contribution in [0.2, 0.25) is 5.02 Å². The molecule has 0 bridgehead atoms. The maximum absolute atomic E-state index is 6.40. The van der Waals surface area contributed by atoms with Gasteiger partial charge in [0.25, 0.3) is 0 Å². The highest BCUT2D eigenvalue weighted by atomic mass is 35.5. The number of aromatic nitrogens is 3. The average Bonchev–Trinajstić information content (AvgIpc) is 2.88. The molecule has 4 N–H and O–H groups in total. The standard InChI is InChI=1S/C17H14ClN5/c1-23-7-6-10-14-13(21-17(20)22-16(14)19)8-11(15(10)23)9-4-2-3-5-12(9)18/h2-8H,1H3,(H4,19,20,21,22). The van der Waals surface area contributed by atoms with E-state index in [9.17, 15) is 0 Å². The summed E-state index contributed by atoms with van der Waals surface area (Å²) >= 11 is 6.40. The average molecular weight is 324 g/mol. The van der Waals surface area contributed by atoms with Crippen LogP contribution < -0.4 is 11.5 Å². The van der Waals surface area contributed by atoms with Crippen molar-refractivity contribution in [1.82, 2.24) is 14.5 Å². The summed E-state index contributed by atoms with van der Waals surface area (Å²) in [6, 6.07) is 11.7. The molecule has 0 amide bonds. The van der Waals surface area contributed by atoms with Crippen LogP contribution in [0, 0.1) is 0 Å². The first kappa shape index (κ1) is 13.8. The van der Waals surface area contributed by atoms with Gasteiger partial charge in [-0.2, -0.15) is 4.98 Å². The molecule has 5 nitrogen and oxygen atoms in total. The molecule has 0 fully saturated rings. The van der Waals surface area contributed by atoms with Crippen molar-refractivity contribution in [2.24, 2.45) is 7.05 Å². The summed E-state index contributed by atoms with van der Waals surface area (Å²) in [6.45, 7) is 0. The van der Waals surface area contributed by atoms with Gasteiger partial charge >= 0.3 is 0 Å². The van der Waals surface area contributed by atoms with Crippen molar-refractivity contribution in [2.75, 3.05) is 11.5 Å². The van der Waals surface area contributed by atoms with Gasteiger partial charge in [-0.05, 0) is 18.2 Å². The number of halogens is 1. The molecule has 2 aromatic carbocycles. The fourth-order valence-corrected chi connectivity index (χ4v) is 3.29. The van der Waals surface area contributed by atoms with Crippen LogP contribution in [0.15, 0.2) is 42.6 Å². The molecule has 2 aromatic heterocycles. The van der Waals surface area contributed by atoms with E-state index in [0.717, 1.165) is 27.4 Å². The number of hydrogen-bond donors (Lipinski definition) is 2. The summed E-state index contributed by atoms with van der Waals surface area (Å²) in [5.41, 5.74) is 15.5. The number of benzene rings is 2. The molecule has 4 aromatic rings. The van der Waals surface area contributed by atoms with Crippen molar-refractivity contribution in [2.45, 2.75) is 0 Å². The van der Waals surface area contributed by atoms with Gasteiger partial charge in [-0.15, -0.1) is 0 Å². The van der Waals surface area contributed by atoms with E-state index in [1.807, 2.05) is 54.2 Å². The SMILES string of the molecule is Cn1ccc2c3c(N)nc(N)nc3cc(-c3ccccc3Cl)c21. The lowest BCUT2D eigenvalue weighted by molar-refractivity contribution is 0.970. The molecule has 4 rings (SSSR count). The van der Waals surface area contributed by atoms with Crippen LogP contribution in [0.3, 0.4) is 0 Å². The Morgan fingerprint density at radius 1 is 1.04 bits per heavy atom. The lowest BCUT2D eigenvalue weighted by atomic mass is 10.00. The first-order valence-corrected chi connectivity index (χ1v) is 7.49. The van der Waals surface area contributed by atoms with Crippen LogP contribution >= 0.6 is 11.6 Å². The number of fused-ring (bicyclic) bond motifs is 3. The van der Waals surface area contributed by atoms with Crippen LogP contribution in [-0.4, -0.2) is 14.5 Å². The minimum absolute atomic E-state index is 0.162. The lowest BCUT2D eigenvalue weighted by Gasteiger charge is -2.12. The van der Waals surface area contributed by atoms with Crippen molar-refractivity contribution < 1.29 is 0 Å². The number of hydrogen-bond acceptors (Lipinski definition) is 4. The van der Waals surface area contributed by atoms with E-state index in [1.165, 1.54) is 0 Å². The van der Waals surface area contributed by atoms with E-state index in [4.69, 9.17) is 23.1 Å². The number of nitrogens with two attached hydrogens (primary N) is 2. The summed E-state index contributed by atoms with van der Waals surface area (Å²) in [4.78, 5) is 8.44. The highest BCUT2D eigenvalue weighted by Crippen LogP contribution is 2.38. The van der Waals surface area contributed by atoms with Gasteiger partial charge < -0.3 is 16.0 Å². The van der Waals surface area contributed by atoms with Crippen molar-refractivity contribution in [3.8, 4) is 11.1 Å². The Morgan fingerprint density at radius 2 is 1.83 bits per heavy atom. The van der Waals surface area contributed by atoms with Crippen LogP contribution in [0.5, 0.6) is 0 Å². The van der Waals surface area contributed by atoms with E-state index >= 15 is 0 Å². The van der Waals surface area contributed by atoms with Gasteiger partial charge in [0.15, 0.2) is 0 Å². The monoisotopic (exact) mass is 323 g/mol. The van der Waals surface area contributed by atoms with Gasteiger partial charge in [-0.25, -0.2) is 4.98 Å². The zero-order valence-corrected chi connectivity index (χ0v) is 13.2. The van der Waals surface area contributed by atoms with Crippen LogP contribution in [0.4, 0.5) is 11.8 Å². The zero-order chi connectivity index (χ0) is 16.1. The molecule has 23 heavy (non-hydrogen) atoms. The van der Waals surface area contributed by atoms with Gasteiger partial charge in [0.2, 0.25) is 5.95 Å². The summed E-state index contributed by atoms with van der Waals surface area (Å²) in [5.74, 6) is 0.546. The fraction of sp³-hybridized carbons (Fsp3) is 0.0588. The van der Waals surface area contributed by atoms with Gasteiger partial charge in [0, 0.05) is 34.8 Å².